The van der Waals surface area contributed by atoms with Gasteiger partial charge in [0.05, 0.1) is 11.5 Å². The van der Waals surface area contributed by atoms with E-state index in [1.54, 1.807) is 0 Å². The standard InChI is InChI=1S/C17H20N2O4S3/c1-11-3-4-12(2)13(7-11)25-10-16(22)23-8-14(20)18-5-6-19-15(21)9-26-17(19)24/h3-4,7H,5-6,8-10H2,1-2H3,(H,18,20). The molecule has 0 aliphatic carbocycles. The molecule has 1 N–H and O–H groups in total. The molecular formula is C17H20N2O4S3. The van der Waals surface area contributed by atoms with Crippen molar-refractivity contribution < 1.29 is 19.1 Å². The first-order valence-corrected chi connectivity index (χ1v) is 10.3. The number of nitrogens with zero attached hydrogens (tertiary/aromatic N) is 1. The van der Waals surface area contributed by atoms with E-state index < -0.39 is 11.9 Å². The Balaban J connectivity index is 1.64. The van der Waals surface area contributed by atoms with Crippen LogP contribution in [0.3, 0.4) is 0 Å². The molecule has 0 bridgehead atoms. The van der Waals surface area contributed by atoms with Gasteiger partial charge in [0.2, 0.25) is 5.91 Å². The molecule has 0 spiro atoms. The van der Waals surface area contributed by atoms with E-state index in [9.17, 15) is 14.4 Å². The van der Waals surface area contributed by atoms with Crippen LogP contribution in [-0.4, -0.2) is 58.2 Å². The van der Waals surface area contributed by atoms with Crippen LogP contribution in [0.4, 0.5) is 0 Å². The first-order chi connectivity index (χ1) is 12.4. The Morgan fingerprint density at radius 3 is 2.85 bits per heavy atom. The third kappa shape index (κ3) is 6.30. The molecular weight excluding hydrogens is 392 g/mol. The van der Waals surface area contributed by atoms with Crippen molar-refractivity contribution in [2.75, 3.05) is 31.2 Å². The van der Waals surface area contributed by atoms with E-state index in [0.29, 0.717) is 16.6 Å². The second kappa shape index (κ2) is 9.94. The van der Waals surface area contributed by atoms with Crippen molar-refractivity contribution in [1.82, 2.24) is 10.2 Å². The fourth-order valence-corrected chi connectivity index (χ4v) is 4.19. The first kappa shape index (κ1) is 20.7. The number of rotatable bonds is 8. The number of thiocarbonyl (C=S) groups is 1. The maximum Gasteiger partial charge on any atom is 0.316 e. The van der Waals surface area contributed by atoms with E-state index >= 15 is 0 Å². The van der Waals surface area contributed by atoms with Gasteiger partial charge in [-0.25, -0.2) is 0 Å². The number of amides is 2. The van der Waals surface area contributed by atoms with Crippen molar-refractivity contribution in [1.29, 1.82) is 0 Å². The summed E-state index contributed by atoms with van der Waals surface area (Å²) in [7, 11) is 0. The van der Waals surface area contributed by atoms with Crippen LogP contribution in [0.1, 0.15) is 11.1 Å². The van der Waals surface area contributed by atoms with Gasteiger partial charge in [0.15, 0.2) is 6.61 Å². The zero-order chi connectivity index (χ0) is 19.1. The lowest BCUT2D eigenvalue weighted by molar-refractivity contribution is -0.145. The SMILES string of the molecule is Cc1ccc(C)c(SCC(=O)OCC(=O)NCCN2C(=O)CSC2=S)c1. The van der Waals surface area contributed by atoms with Crippen LogP contribution in [0, 0.1) is 13.8 Å². The molecule has 0 atom stereocenters. The van der Waals surface area contributed by atoms with Crippen LogP contribution in [0.5, 0.6) is 0 Å². The summed E-state index contributed by atoms with van der Waals surface area (Å²) in [6.07, 6.45) is 0. The van der Waals surface area contributed by atoms with Crippen molar-refractivity contribution in [3.05, 3.63) is 29.3 Å². The number of benzene rings is 1. The molecule has 1 fully saturated rings. The quantitative estimate of drug-likeness (QED) is 0.397. The Hall–Kier alpha value is -1.58. The van der Waals surface area contributed by atoms with Gasteiger partial charge in [0.25, 0.3) is 5.91 Å². The van der Waals surface area contributed by atoms with Gasteiger partial charge in [-0.1, -0.05) is 41.7 Å². The number of hydrogen-bond donors (Lipinski definition) is 1. The van der Waals surface area contributed by atoms with Gasteiger partial charge in [-0.15, -0.1) is 11.8 Å². The minimum Gasteiger partial charge on any atom is -0.455 e. The number of esters is 1. The van der Waals surface area contributed by atoms with Gasteiger partial charge in [0.1, 0.15) is 4.32 Å². The monoisotopic (exact) mass is 412 g/mol. The average molecular weight is 413 g/mol. The van der Waals surface area contributed by atoms with Gasteiger partial charge in [-0.05, 0) is 25.5 Å². The molecule has 1 aliphatic rings. The Morgan fingerprint density at radius 2 is 2.15 bits per heavy atom. The summed E-state index contributed by atoms with van der Waals surface area (Å²) >= 11 is 7.76. The molecule has 1 saturated heterocycles. The van der Waals surface area contributed by atoms with Gasteiger partial charge in [-0.2, -0.15) is 0 Å². The molecule has 1 aromatic carbocycles. The average Bonchev–Trinajstić information content (AvgIpc) is 2.92. The molecule has 1 heterocycles. The summed E-state index contributed by atoms with van der Waals surface area (Å²) in [6.45, 7) is 4.23. The van der Waals surface area contributed by atoms with Crippen LogP contribution in [0.2, 0.25) is 0 Å². The summed E-state index contributed by atoms with van der Waals surface area (Å²) in [5.41, 5.74) is 2.22. The van der Waals surface area contributed by atoms with E-state index in [1.165, 1.54) is 28.4 Å². The second-order valence-corrected chi connectivity index (χ2v) is 8.29. The molecule has 0 unspecified atom stereocenters. The van der Waals surface area contributed by atoms with Crippen molar-refractivity contribution in [2.24, 2.45) is 0 Å². The third-order valence-electron chi connectivity index (χ3n) is 3.55. The number of aryl methyl sites for hydroxylation is 2. The van der Waals surface area contributed by atoms with Crippen molar-refractivity contribution in [3.8, 4) is 0 Å². The summed E-state index contributed by atoms with van der Waals surface area (Å²) in [4.78, 5) is 37.5. The van der Waals surface area contributed by atoms with Crippen LogP contribution in [-0.2, 0) is 19.1 Å². The Kier molecular flexibility index (Phi) is 7.92. The fraction of sp³-hybridized carbons (Fsp3) is 0.412. The number of ether oxygens (including phenoxy) is 1. The Morgan fingerprint density at radius 1 is 1.38 bits per heavy atom. The highest BCUT2D eigenvalue weighted by molar-refractivity contribution is 8.23. The molecule has 0 aromatic heterocycles. The minimum absolute atomic E-state index is 0.0517. The third-order valence-corrected chi connectivity index (χ3v) is 6.11. The van der Waals surface area contributed by atoms with Crippen molar-refractivity contribution in [3.63, 3.8) is 0 Å². The predicted octanol–water partition coefficient (Wildman–Crippen LogP) is 1.92. The minimum atomic E-state index is -0.446. The lowest BCUT2D eigenvalue weighted by Crippen LogP contribution is -2.38. The molecule has 2 amide bonds. The van der Waals surface area contributed by atoms with Gasteiger partial charge in [-0.3, -0.25) is 19.3 Å². The zero-order valence-electron chi connectivity index (χ0n) is 14.6. The first-order valence-electron chi connectivity index (χ1n) is 7.96. The zero-order valence-corrected chi connectivity index (χ0v) is 17.0. The number of carbonyl (C=O) groups is 3. The Labute approximate surface area is 166 Å². The molecule has 2 rings (SSSR count). The van der Waals surface area contributed by atoms with Crippen LogP contribution in [0.15, 0.2) is 23.1 Å². The molecule has 0 radical (unpaired) electrons. The summed E-state index contributed by atoms with van der Waals surface area (Å²) < 4.78 is 5.51. The molecule has 26 heavy (non-hydrogen) atoms. The summed E-state index contributed by atoms with van der Waals surface area (Å²) in [6, 6.07) is 6.04. The second-order valence-electron chi connectivity index (χ2n) is 5.67. The lowest BCUT2D eigenvalue weighted by Gasteiger charge is -2.15. The smallest absolute Gasteiger partial charge is 0.316 e. The summed E-state index contributed by atoms with van der Waals surface area (Å²) in [5, 5.41) is 2.61. The van der Waals surface area contributed by atoms with Gasteiger partial charge in [0, 0.05) is 18.0 Å². The van der Waals surface area contributed by atoms with E-state index in [4.69, 9.17) is 17.0 Å². The molecule has 6 nitrogen and oxygen atoms in total. The van der Waals surface area contributed by atoms with Gasteiger partial charge < -0.3 is 10.1 Å². The number of thioether (sulfide) groups is 2. The molecule has 1 aromatic rings. The van der Waals surface area contributed by atoms with Crippen molar-refractivity contribution in [2.45, 2.75) is 18.7 Å². The summed E-state index contributed by atoms with van der Waals surface area (Å²) in [5.74, 6) is -0.406. The highest BCUT2D eigenvalue weighted by atomic mass is 32.2. The van der Waals surface area contributed by atoms with Crippen LogP contribution in [0.25, 0.3) is 0 Å². The van der Waals surface area contributed by atoms with E-state index in [-0.39, 0.29) is 24.8 Å². The fourth-order valence-electron chi connectivity index (χ4n) is 2.14. The van der Waals surface area contributed by atoms with Gasteiger partial charge >= 0.3 is 5.97 Å². The maximum atomic E-state index is 11.8. The van der Waals surface area contributed by atoms with Crippen LogP contribution < -0.4 is 5.32 Å². The number of carbonyl (C=O) groups excluding carboxylic acids is 3. The van der Waals surface area contributed by atoms with E-state index in [1.807, 2.05) is 32.0 Å². The normalized spacial score (nSPS) is 13.8. The van der Waals surface area contributed by atoms with E-state index in [0.717, 1.165) is 16.0 Å². The highest BCUT2D eigenvalue weighted by Crippen LogP contribution is 2.23. The maximum absolute atomic E-state index is 11.8. The number of hydrogen-bond acceptors (Lipinski definition) is 7. The molecule has 140 valence electrons. The topological polar surface area (TPSA) is 75.7 Å². The Bertz CT molecular complexity index is 708. The number of nitrogens with one attached hydrogen (secondary N) is 1. The highest BCUT2D eigenvalue weighted by Gasteiger charge is 2.25. The molecule has 0 saturated carbocycles. The van der Waals surface area contributed by atoms with Crippen LogP contribution >= 0.6 is 35.7 Å². The van der Waals surface area contributed by atoms with Crippen molar-refractivity contribution >= 4 is 57.8 Å². The molecule has 1 aliphatic heterocycles. The predicted molar refractivity (Wildman–Crippen MR) is 107 cm³/mol. The largest absolute Gasteiger partial charge is 0.455 e. The van der Waals surface area contributed by atoms with E-state index in [2.05, 4.69) is 5.32 Å². The molecule has 9 heteroatoms. The lowest BCUT2D eigenvalue weighted by atomic mass is 10.2.